The van der Waals surface area contributed by atoms with Gasteiger partial charge in [-0.15, -0.1) is 0 Å². The van der Waals surface area contributed by atoms with Gasteiger partial charge < -0.3 is 10.1 Å². The van der Waals surface area contributed by atoms with Gasteiger partial charge in [0, 0.05) is 5.69 Å². The third kappa shape index (κ3) is 4.69. The molecule has 2 rings (SSSR count). The van der Waals surface area contributed by atoms with Gasteiger partial charge in [0.25, 0.3) is 5.91 Å². The van der Waals surface area contributed by atoms with Crippen LogP contribution >= 0.6 is 11.6 Å². The SMILES string of the molecule is Cc1cc(C)c(C)c(O[C@H](C)C(=O)Nc2ccc(Cl)c(C(F)(F)F)c2)c1. The van der Waals surface area contributed by atoms with Crippen molar-refractivity contribution in [2.24, 2.45) is 0 Å². The van der Waals surface area contributed by atoms with E-state index < -0.39 is 28.8 Å². The van der Waals surface area contributed by atoms with E-state index in [0.29, 0.717) is 5.75 Å². The van der Waals surface area contributed by atoms with Gasteiger partial charge in [-0.25, -0.2) is 0 Å². The Kier molecular flexibility index (Phi) is 5.86. The molecule has 0 saturated carbocycles. The summed E-state index contributed by atoms with van der Waals surface area (Å²) in [6, 6.07) is 7.02. The van der Waals surface area contributed by atoms with Crippen molar-refractivity contribution in [2.75, 3.05) is 5.32 Å². The Hall–Kier alpha value is -2.21. The van der Waals surface area contributed by atoms with Crippen molar-refractivity contribution in [1.82, 2.24) is 0 Å². The maximum absolute atomic E-state index is 12.9. The molecule has 1 atom stereocenters. The van der Waals surface area contributed by atoms with Gasteiger partial charge in [0.15, 0.2) is 6.10 Å². The van der Waals surface area contributed by atoms with Crippen molar-refractivity contribution < 1.29 is 22.7 Å². The Bertz CT molecular complexity index is 834. The van der Waals surface area contributed by atoms with E-state index in [1.165, 1.54) is 13.0 Å². The number of rotatable bonds is 4. The summed E-state index contributed by atoms with van der Waals surface area (Å²) in [7, 11) is 0. The molecule has 0 aliphatic carbocycles. The molecule has 7 heteroatoms. The zero-order chi connectivity index (χ0) is 19.6. The number of alkyl halides is 3. The molecule has 0 fully saturated rings. The molecular weight excluding hydrogens is 367 g/mol. The maximum atomic E-state index is 12.9. The highest BCUT2D eigenvalue weighted by Crippen LogP contribution is 2.36. The number of hydrogen-bond acceptors (Lipinski definition) is 2. The molecule has 140 valence electrons. The Balaban J connectivity index is 2.15. The average molecular weight is 386 g/mol. The van der Waals surface area contributed by atoms with Crippen LogP contribution in [0, 0.1) is 20.8 Å². The first kappa shape index (κ1) is 20.1. The quantitative estimate of drug-likeness (QED) is 0.734. The number of halogens is 4. The second-order valence-corrected chi connectivity index (χ2v) is 6.55. The van der Waals surface area contributed by atoms with Crippen molar-refractivity contribution in [3.63, 3.8) is 0 Å². The van der Waals surface area contributed by atoms with Crippen molar-refractivity contribution >= 4 is 23.2 Å². The van der Waals surface area contributed by atoms with Crippen LogP contribution in [-0.2, 0) is 11.0 Å². The number of hydrogen-bond donors (Lipinski definition) is 1. The fourth-order valence-electron chi connectivity index (χ4n) is 2.43. The molecule has 1 amide bonds. The highest BCUT2D eigenvalue weighted by atomic mass is 35.5. The first-order valence-electron chi connectivity index (χ1n) is 7.91. The number of anilines is 1. The smallest absolute Gasteiger partial charge is 0.417 e. The zero-order valence-corrected chi connectivity index (χ0v) is 15.5. The molecule has 0 aromatic heterocycles. The molecule has 0 spiro atoms. The number of ether oxygens (including phenoxy) is 1. The summed E-state index contributed by atoms with van der Waals surface area (Å²) in [5.41, 5.74) is 1.92. The Labute approximate surface area is 155 Å². The molecule has 1 N–H and O–H groups in total. The molecule has 0 unspecified atom stereocenters. The summed E-state index contributed by atoms with van der Waals surface area (Å²) in [5.74, 6) is 0.0104. The lowest BCUT2D eigenvalue weighted by atomic mass is 10.1. The molecule has 0 bridgehead atoms. The Morgan fingerprint density at radius 1 is 1.15 bits per heavy atom. The topological polar surface area (TPSA) is 38.3 Å². The lowest BCUT2D eigenvalue weighted by molar-refractivity contribution is -0.137. The minimum Gasteiger partial charge on any atom is -0.481 e. The van der Waals surface area contributed by atoms with E-state index in [2.05, 4.69) is 5.32 Å². The molecule has 0 aliphatic heterocycles. The molecule has 0 aliphatic rings. The minimum absolute atomic E-state index is 0.000630. The average Bonchev–Trinajstić information content (AvgIpc) is 2.52. The number of benzene rings is 2. The number of nitrogens with one attached hydrogen (secondary N) is 1. The van der Waals surface area contributed by atoms with Crippen molar-refractivity contribution in [1.29, 1.82) is 0 Å². The predicted molar refractivity (Wildman–Crippen MR) is 95.8 cm³/mol. The van der Waals surface area contributed by atoms with E-state index in [1.807, 2.05) is 32.9 Å². The fourth-order valence-corrected chi connectivity index (χ4v) is 2.66. The third-order valence-electron chi connectivity index (χ3n) is 3.98. The van der Waals surface area contributed by atoms with Gasteiger partial charge in [-0.3, -0.25) is 4.79 Å². The minimum atomic E-state index is -4.60. The van der Waals surface area contributed by atoms with Gasteiger partial charge in [-0.05, 0) is 68.7 Å². The first-order chi connectivity index (χ1) is 12.0. The van der Waals surface area contributed by atoms with E-state index >= 15 is 0 Å². The van der Waals surface area contributed by atoms with Crippen LogP contribution in [-0.4, -0.2) is 12.0 Å². The van der Waals surface area contributed by atoms with Gasteiger partial charge in [0.2, 0.25) is 0 Å². The van der Waals surface area contributed by atoms with Crippen LogP contribution in [0.1, 0.15) is 29.2 Å². The first-order valence-corrected chi connectivity index (χ1v) is 8.29. The van der Waals surface area contributed by atoms with Crippen molar-refractivity contribution in [3.8, 4) is 5.75 Å². The molecule has 2 aromatic rings. The van der Waals surface area contributed by atoms with Crippen LogP contribution in [0.15, 0.2) is 30.3 Å². The third-order valence-corrected chi connectivity index (χ3v) is 4.31. The van der Waals surface area contributed by atoms with E-state index in [1.54, 1.807) is 0 Å². The summed E-state index contributed by atoms with van der Waals surface area (Å²) < 4.78 is 44.4. The second kappa shape index (κ2) is 7.58. The lowest BCUT2D eigenvalue weighted by Gasteiger charge is -2.18. The molecule has 3 nitrogen and oxygen atoms in total. The van der Waals surface area contributed by atoms with Gasteiger partial charge in [-0.2, -0.15) is 13.2 Å². The van der Waals surface area contributed by atoms with Crippen LogP contribution in [0.25, 0.3) is 0 Å². The fraction of sp³-hybridized carbons (Fsp3) is 0.316. The van der Waals surface area contributed by atoms with E-state index in [0.717, 1.165) is 28.8 Å². The summed E-state index contributed by atoms with van der Waals surface area (Å²) in [4.78, 5) is 12.3. The van der Waals surface area contributed by atoms with Gasteiger partial charge in [0.1, 0.15) is 5.75 Å². The standard InChI is InChI=1S/C19H19ClF3NO2/c1-10-7-11(2)12(3)17(8-10)26-13(4)18(25)24-14-5-6-16(20)15(9-14)19(21,22)23/h5-9,13H,1-4H3,(H,24,25)/t13-/m1/s1. The van der Waals surface area contributed by atoms with E-state index in [-0.39, 0.29) is 5.69 Å². The predicted octanol–water partition coefficient (Wildman–Crippen LogP) is 5.69. The van der Waals surface area contributed by atoms with E-state index in [4.69, 9.17) is 16.3 Å². The monoisotopic (exact) mass is 385 g/mol. The van der Waals surface area contributed by atoms with Crippen molar-refractivity contribution in [3.05, 3.63) is 57.6 Å². The zero-order valence-electron chi connectivity index (χ0n) is 14.8. The van der Waals surface area contributed by atoms with Gasteiger partial charge in [-0.1, -0.05) is 17.7 Å². The number of carbonyl (C=O) groups excluding carboxylic acids is 1. The summed E-state index contributed by atoms with van der Waals surface area (Å²) in [5, 5.41) is 2.00. The van der Waals surface area contributed by atoms with Crippen molar-refractivity contribution in [2.45, 2.75) is 40.0 Å². The summed E-state index contributed by atoms with van der Waals surface area (Å²) in [6.07, 6.45) is -5.49. The molecule has 2 aromatic carbocycles. The largest absolute Gasteiger partial charge is 0.481 e. The summed E-state index contributed by atoms with van der Waals surface area (Å²) >= 11 is 5.58. The van der Waals surface area contributed by atoms with Gasteiger partial charge in [0.05, 0.1) is 10.6 Å². The number of carbonyl (C=O) groups is 1. The summed E-state index contributed by atoms with van der Waals surface area (Å²) in [6.45, 7) is 7.26. The second-order valence-electron chi connectivity index (χ2n) is 6.15. The molecule has 0 saturated heterocycles. The maximum Gasteiger partial charge on any atom is 0.417 e. The van der Waals surface area contributed by atoms with Crippen LogP contribution in [0.4, 0.5) is 18.9 Å². The molecule has 26 heavy (non-hydrogen) atoms. The van der Waals surface area contributed by atoms with Gasteiger partial charge >= 0.3 is 6.18 Å². The van der Waals surface area contributed by atoms with Crippen LogP contribution in [0.3, 0.4) is 0 Å². The number of aryl methyl sites for hydroxylation is 2. The normalized spacial score (nSPS) is 12.6. The van der Waals surface area contributed by atoms with Crippen LogP contribution in [0.5, 0.6) is 5.75 Å². The molecular formula is C19H19ClF3NO2. The Morgan fingerprint density at radius 3 is 2.42 bits per heavy atom. The van der Waals surface area contributed by atoms with E-state index in [9.17, 15) is 18.0 Å². The molecule has 0 heterocycles. The highest BCUT2D eigenvalue weighted by Gasteiger charge is 2.33. The van der Waals surface area contributed by atoms with Crippen LogP contribution < -0.4 is 10.1 Å². The molecule has 0 radical (unpaired) electrons. The number of amides is 1. The highest BCUT2D eigenvalue weighted by molar-refractivity contribution is 6.31. The lowest BCUT2D eigenvalue weighted by Crippen LogP contribution is -2.30. The Morgan fingerprint density at radius 2 is 1.81 bits per heavy atom. The van der Waals surface area contributed by atoms with Crippen LogP contribution in [0.2, 0.25) is 5.02 Å².